The highest BCUT2D eigenvalue weighted by Gasteiger charge is 2.39. The molecule has 174 valence electrons. The summed E-state index contributed by atoms with van der Waals surface area (Å²) in [6, 6.07) is 2.92. The molecule has 0 spiro atoms. The second kappa shape index (κ2) is 8.92. The van der Waals surface area contributed by atoms with E-state index in [1.54, 1.807) is 35.9 Å². The highest BCUT2D eigenvalue weighted by molar-refractivity contribution is 7.89. The molecule has 0 bridgehead atoms. The summed E-state index contributed by atoms with van der Waals surface area (Å²) in [6.45, 7) is 4.47. The molecule has 2 aromatic heterocycles. The molecule has 1 aliphatic heterocycles. The molecule has 1 aliphatic carbocycles. The second-order valence-electron chi connectivity index (χ2n) is 8.94. The fourth-order valence-electron chi connectivity index (χ4n) is 4.73. The second-order valence-corrected chi connectivity index (χ2v) is 11.0. The van der Waals surface area contributed by atoms with Crippen molar-refractivity contribution in [1.82, 2.24) is 18.8 Å². The van der Waals surface area contributed by atoms with Gasteiger partial charge < -0.3 is 10.4 Å². The van der Waals surface area contributed by atoms with Gasteiger partial charge in [0.05, 0.1) is 17.4 Å². The number of aromatic nitrogens is 3. The monoisotopic (exact) mass is 461 g/mol. The lowest BCUT2D eigenvalue weighted by Gasteiger charge is -2.31. The third kappa shape index (κ3) is 4.57. The number of rotatable bonds is 6. The van der Waals surface area contributed by atoms with Crippen molar-refractivity contribution in [3.63, 3.8) is 0 Å². The number of anilines is 1. The van der Waals surface area contributed by atoms with Gasteiger partial charge in [-0.2, -0.15) is 4.98 Å². The third-order valence-electron chi connectivity index (χ3n) is 6.58. The standard InChI is InChI=1S/C22H31N5O4S/c1-3-4-14-32(30,31)26-12-9-17(10-13-26)24-21-23-15-16-7-8-19(28)27(20(16)25-21)18-6-5-11-22(18,2)29/h3-4,7-8,15,17-18,29H,5-6,9-14H2,1-2H3,(H,23,24,25)/b4-3+/t18-,22-/m1/s1. The molecule has 2 N–H and O–H groups in total. The van der Waals surface area contributed by atoms with E-state index in [9.17, 15) is 18.3 Å². The zero-order valence-corrected chi connectivity index (χ0v) is 19.4. The largest absolute Gasteiger partial charge is 0.388 e. The Balaban J connectivity index is 1.53. The normalized spacial score (nSPS) is 25.7. The summed E-state index contributed by atoms with van der Waals surface area (Å²) >= 11 is 0. The van der Waals surface area contributed by atoms with Crippen molar-refractivity contribution in [2.45, 2.75) is 63.6 Å². The quantitative estimate of drug-likeness (QED) is 0.632. The van der Waals surface area contributed by atoms with E-state index < -0.39 is 15.6 Å². The molecular formula is C22H31N5O4S. The Hall–Kier alpha value is -2.30. The molecule has 4 rings (SSSR count). The highest BCUT2D eigenvalue weighted by Crippen LogP contribution is 2.39. The number of aliphatic hydroxyl groups is 1. The van der Waals surface area contributed by atoms with Gasteiger partial charge in [-0.15, -0.1) is 0 Å². The lowest BCUT2D eigenvalue weighted by atomic mass is 10.00. The molecule has 0 aromatic carbocycles. The Morgan fingerprint density at radius 2 is 2.03 bits per heavy atom. The summed E-state index contributed by atoms with van der Waals surface area (Å²) in [7, 11) is -3.28. The summed E-state index contributed by atoms with van der Waals surface area (Å²) in [5.41, 5.74) is -0.635. The van der Waals surface area contributed by atoms with E-state index in [2.05, 4.69) is 15.3 Å². The van der Waals surface area contributed by atoms with Crippen LogP contribution in [0.3, 0.4) is 0 Å². The Labute approximate surface area is 188 Å². The van der Waals surface area contributed by atoms with Crippen molar-refractivity contribution in [1.29, 1.82) is 0 Å². The molecule has 1 saturated heterocycles. The Morgan fingerprint density at radius 3 is 2.69 bits per heavy atom. The molecule has 9 nitrogen and oxygen atoms in total. The SMILES string of the molecule is C/C=C/CS(=O)(=O)N1CCC(Nc2ncc3ccc(=O)n([C@@H]4CCC[C@@]4(C)O)c3n2)CC1. The average molecular weight is 462 g/mol. The van der Waals surface area contributed by atoms with Crippen molar-refractivity contribution < 1.29 is 13.5 Å². The van der Waals surface area contributed by atoms with Crippen molar-refractivity contribution in [2.24, 2.45) is 0 Å². The van der Waals surface area contributed by atoms with Crippen LogP contribution in [-0.2, 0) is 10.0 Å². The Bertz CT molecular complexity index is 1170. The Kier molecular flexibility index (Phi) is 6.37. The molecule has 32 heavy (non-hydrogen) atoms. The first kappa shape index (κ1) is 22.9. The van der Waals surface area contributed by atoms with Gasteiger partial charge in [0, 0.05) is 36.8 Å². The predicted molar refractivity (Wildman–Crippen MR) is 124 cm³/mol. The van der Waals surface area contributed by atoms with Crippen molar-refractivity contribution in [3.8, 4) is 0 Å². The molecule has 0 unspecified atom stereocenters. The zero-order valence-electron chi connectivity index (χ0n) is 18.6. The maximum absolute atomic E-state index is 12.7. The van der Waals surface area contributed by atoms with Crippen LogP contribution in [0, 0.1) is 0 Å². The smallest absolute Gasteiger partial charge is 0.252 e. The van der Waals surface area contributed by atoms with E-state index in [0.29, 0.717) is 43.9 Å². The van der Waals surface area contributed by atoms with E-state index in [1.165, 1.54) is 10.4 Å². The van der Waals surface area contributed by atoms with Gasteiger partial charge in [0.25, 0.3) is 5.56 Å². The first-order valence-electron chi connectivity index (χ1n) is 11.2. The highest BCUT2D eigenvalue weighted by atomic mass is 32.2. The van der Waals surface area contributed by atoms with E-state index in [1.807, 2.05) is 6.92 Å². The van der Waals surface area contributed by atoms with Crippen LogP contribution in [0.4, 0.5) is 5.95 Å². The molecule has 0 amide bonds. The summed E-state index contributed by atoms with van der Waals surface area (Å²) in [5.74, 6) is 0.433. The van der Waals surface area contributed by atoms with Gasteiger partial charge in [0.1, 0.15) is 5.65 Å². The maximum Gasteiger partial charge on any atom is 0.252 e. The van der Waals surface area contributed by atoms with Crippen LogP contribution in [-0.4, -0.2) is 62.8 Å². The lowest BCUT2D eigenvalue weighted by Crippen LogP contribution is -2.43. The van der Waals surface area contributed by atoms with E-state index in [4.69, 9.17) is 0 Å². The fraction of sp³-hybridized carbons (Fsp3) is 0.591. The van der Waals surface area contributed by atoms with Gasteiger partial charge in [-0.05, 0) is 52.0 Å². The first-order valence-corrected chi connectivity index (χ1v) is 12.8. The number of pyridine rings is 1. The van der Waals surface area contributed by atoms with Crippen molar-refractivity contribution in [2.75, 3.05) is 24.2 Å². The number of piperidine rings is 1. The summed E-state index contributed by atoms with van der Waals surface area (Å²) in [6.07, 6.45) is 8.60. The number of nitrogens with zero attached hydrogens (tertiary/aromatic N) is 4. The van der Waals surface area contributed by atoms with Crippen LogP contribution in [0.5, 0.6) is 0 Å². The number of fused-ring (bicyclic) bond motifs is 1. The van der Waals surface area contributed by atoms with Gasteiger partial charge in [0.15, 0.2) is 0 Å². The average Bonchev–Trinajstić information content (AvgIpc) is 3.11. The molecule has 0 radical (unpaired) electrons. The van der Waals surface area contributed by atoms with Crippen LogP contribution in [0.25, 0.3) is 11.0 Å². The summed E-state index contributed by atoms with van der Waals surface area (Å²) in [4.78, 5) is 21.8. The van der Waals surface area contributed by atoms with Gasteiger partial charge in [0.2, 0.25) is 16.0 Å². The first-order chi connectivity index (χ1) is 15.2. The van der Waals surface area contributed by atoms with Crippen LogP contribution in [0.15, 0.2) is 35.3 Å². The molecular weight excluding hydrogens is 430 g/mol. The van der Waals surface area contributed by atoms with Gasteiger partial charge >= 0.3 is 0 Å². The number of nitrogens with one attached hydrogen (secondary N) is 1. The van der Waals surface area contributed by atoms with E-state index in [0.717, 1.165) is 18.2 Å². The third-order valence-corrected chi connectivity index (χ3v) is 8.35. The van der Waals surface area contributed by atoms with Gasteiger partial charge in [-0.25, -0.2) is 17.7 Å². The molecule has 1 saturated carbocycles. The minimum absolute atomic E-state index is 0.0256. The van der Waals surface area contributed by atoms with Crippen molar-refractivity contribution >= 4 is 27.0 Å². The number of hydrogen-bond acceptors (Lipinski definition) is 7. The topological polar surface area (TPSA) is 117 Å². The lowest BCUT2D eigenvalue weighted by molar-refractivity contribution is 0.0267. The minimum Gasteiger partial charge on any atom is -0.388 e. The predicted octanol–water partition coefficient (Wildman–Crippen LogP) is 2.05. The van der Waals surface area contributed by atoms with E-state index >= 15 is 0 Å². The fourth-order valence-corrected chi connectivity index (χ4v) is 6.14. The molecule has 2 atom stereocenters. The molecule has 10 heteroatoms. The maximum atomic E-state index is 12.7. The Morgan fingerprint density at radius 1 is 1.28 bits per heavy atom. The zero-order chi connectivity index (χ0) is 22.9. The van der Waals surface area contributed by atoms with Crippen LogP contribution < -0.4 is 10.9 Å². The minimum atomic E-state index is -3.28. The van der Waals surface area contributed by atoms with Gasteiger partial charge in [-0.3, -0.25) is 9.36 Å². The van der Waals surface area contributed by atoms with Crippen LogP contribution >= 0.6 is 0 Å². The summed E-state index contributed by atoms with van der Waals surface area (Å²) < 4.78 is 27.9. The number of sulfonamides is 1. The molecule has 2 aliphatic rings. The molecule has 2 fully saturated rings. The van der Waals surface area contributed by atoms with Gasteiger partial charge in [-0.1, -0.05) is 12.2 Å². The summed E-state index contributed by atoms with van der Waals surface area (Å²) in [5, 5.41) is 14.8. The van der Waals surface area contributed by atoms with Crippen molar-refractivity contribution in [3.05, 3.63) is 40.8 Å². The van der Waals surface area contributed by atoms with Crippen LogP contribution in [0.2, 0.25) is 0 Å². The van der Waals surface area contributed by atoms with E-state index in [-0.39, 0.29) is 23.4 Å². The number of allylic oxidation sites excluding steroid dienone is 1. The molecule has 2 aromatic rings. The molecule has 3 heterocycles. The van der Waals surface area contributed by atoms with Crippen LogP contribution in [0.1, 0.15) is 52.0 Å². The number of hydrogen-bond donors (Lipinski definition) is 2.